The second-order valence-corrected chi connectivity index (χ2v) is 4.53. The lowest BCUT2D eigenvalue weighted by atomic mass is 10.1. The first-order valence-corrected chi connectivity index (χ1v) is 6.10. The smallest absolute Gasteiger partial charge is 0.319 e. The molecule has 0 unspecified atom stereocenters. The van der Waals surface area contributed by atoms with Gasteiger partial charge in [-0.1, -0.05) is 12.1 Å². The van der Waals surface area contributed by atoms with Crippen LogP contribution in [0.2, 0.25) is 0 Å². The highest BCUT2D eigenvalue weighted by Gasteiger charge is 2.39. The van der Waals surface area contributed by atoms with E-state index < -0.39 is 18.9 Å². The molecule has 1 aliphatic heterocycles. The van der Waals surface area contributed by atoms with Gasteiger partial charge in [0.15, 0.2) is 0 Å². The molecule has 1 aliphatic rings. The van der Waals surface area contributed by atoms with Gasteiger partial charge in [-0.3, -0.25) is 0 Å². The molecular weight excluding hydrogens is 262 g/mol. The van der Waals surface area contributed by atoms with Gasteiger partial charge in [-0.2, -0.15) is 8.78 Å². The van der Waals surface area contributed by atoms with Crippen molar-refractivity contribution in [3.8, 4) is 5.75 Å². The third-order valence-corrected chi connectivity index (χ3v) is 3.02. The first-order chi connectivity index (χ1) is 8.99. The van der Waals surface area contributed by atoms with Crippen LogP contribution in [0.25, 0.3) is 0 Å². The zero-order valence-electron chi connectivity index (χ0n) is 10.3. The van der Waals surface area contributed by atoms with Crippen LogP contribution in [0.3, 0.4) is 0 Å². The fourth-order valence-electron chi connectivity index (χ4n) is 1.96. The van der Waals surface area contributed by atoms with Gasteiger partial charge >= 0.3 is 12.3 Å². The Morgan fingerprint density at radius 2 is 2.11 bits per heavy atom. The van der Waals surface area contributed by atoms with E-state index in [4.69, 9.17) is 4.74 Å². The largest absolute Gasteiger partial charge is 0.493 e. The maximum atomic E-state index is 12.6. The van der Waals surface area contributed by atoms with E-state index in [1.807, 2.05) is 18.2 Å². The lowest BCUT2D eigenvalue weighted by Gasteiger charge is -2.15. The van der Waals surface area contributed by atoms with Gasteiger partial charge < -0.3 is 10.1 Å². The molecule has 0 bridgehead atoms. The summed E-state index contributed by atoms with van der Waals surface area (Å²) in [7, 11) is 0. The quantitative estimate of drug-likeness (QED) is 0.637. The van der Waals surface area contributed by atoms with Crippen molar-refractivity contribution in [2.75, 3.05) is 19.7 Å². The molecule has 106 valence electrons. The van der Waals surface area contributed by atoms with Crippen molar-refractivity contribution in [1.82, 2.24) is 5.32 Å². The molecule has 6 heteroatoms. The molecule has 2 rings (SSSR count). The summed E-state index contributed by atoms with van der Waals surface area (Å²) in [5, 5.41) is 2.36. The van der Waals surface area contributed by atoms with Gasteiger partial charge in [0.1, 0.15) is 5.75 Å². The molecule has 0 atom stereocenters. The highest BCUT2D eigenvalue weighted by atomic mass is 19.3. The predicted octanol–water partition coefficient (Wildman–Crippen LogP) is 2.65. The average Bonchev–Trinajstić information content (AvgIpc) is 2.81. The van der Waals surface area contributed by atoms with Crippen LogP contribution in [0, 0.1) is 0 Å². The molecule has 0 spiro atoms. The highest BCUT2D eigenvalue weighted by Crippen LogP contribution is 2.26. The maximum Gasteiger partial charge on any atom is 0.319 e. The summed E-state index contributed by atoms with van der Waals surface area (Å²) in [5.74, 6) is -3.10. The molecule has 1 heterocycles. The van der Waals surface area contributed by atoms with Crippen molar-refractivity contribution in [3.63, 3.8) is 0 Å². The van der Waals surface area contributed by atoms with Crippen molar-refractivity contribution in [1.29, 1.82) is 0 Å². The summed E-state index contributed by atoms with van der Waals surface area (Å²) in [6, 6.07) is 5.68. The number of halogens is 4. The Balaban J connectivity index is 1.77. The molecule has 0 amide bonds. The minimum Gasteiger partial charge on any atom is -0.493 e. The van der Waals surface area contributed by atoms with Gasteiger partial charge in [0.05, 0.1) is 13.2 Å². The van der Waals surface area contributed by atoms with Gasteiger partial charge in [-0.25, -0.2) is 8.78 Å². The van der Waals surface area contributed by atoms with E-state index in [1.54, 1.807) is 0 Å². The van der Waals surface area contributed by atoms with Crippen LogP contribution < -0.4 is 10.1 Å². The Bertz CT molecular complexity index is 437. The first-order valence-electron chi connectivity index (χ1n) is 6.10. The number of alkyl halides is 4. The molecule has 2 nitrogen and oxygen atoms in total. The van der Waals surface area contributed by atoms with Crippen molar-refractivity contribution in [2.24, 2.45) is 0 Å². The molecule has 19 heavy (non-hydrogen) atoms. The molecular formula is C13H15F4NO. The molecule has 0 aliphatic carbocycles. The Hall–Kier alpha value is -1.30. The fraction of sp³-hybridized carbons (Fsp3) is 0.538. The minimum absolute atomic E-state index is 0.238. The van der Waals surface area contributed by atoms with E-state index in [-0.39, 0.29) is 6.54 Å². The van der Waals surface area contributed by atoms with E-state index in [0.29, 0.717) is 13.0 Å². The number of hydrogen-bond acceptors (Lipinski definition) is 2. The monoisotopic (exact) mass is 277 g/mol. The standard InChI is InChI=1S/C13H15F4NO/c14-12(15)13(16,17)8-18-5-3-9-1-2-11-10(7-9)4-6-19-11/h1-2,7,12,18H,3-6,8H2. The third-order valence-electron chi connectivity index (χ3n) is 3.02. The van der Waals surface area contributed by atoms with Crippen molar-refractivity contribution in [2.45, 2.75) is 25.2 Å². The summed E-state index contributed by atoms with van der Waals surface area (Å²) in [6.07, 6.45) is -2.26. The van der Waals surface area contributed by atoms with Gasteiger partial charge in [0, 0.05) is 6.42 Å². The topological polar surface area (TPSA) is 21.3 Å². The van der Waals surface area contributed by atoms with E-state index >= 15 is 0 Å². The second-order valence-electron chi connectivity index (χ2n) is 4.53. The fourth-order valence-corrected chi connectivity index (χ4v) is 1.96. The van der Waals surface area contributed by atoms with Crippen molar-refractivity contribution >= 4 is 0 Å². The summed E-state index contributed by atoms with van der Waals surface area (Å²) >= 11 is 0. The van der Waals surface area contributed by atoms with Crippen LogP contribution >= 0.6 is 0 Å². The minimum atomic E-state index is -3.97. The summed E-state index contributed by atoms with van der Waals surface area (Å²) in [5.41, 5.74) is 2.09. The molecule has 0 fully saturated rings. The highest BCUT2D eigenvalue weighted by molar-refractivity contribution is 5.39. The average molecular weight is 277 g/mol. The number of fused-ring (bicyclic) bond motifs is 1. The van der Waals surface area contributed by atoms with Crippen LogP contribution in [-0.4, -0.2) is 32.0 Å². The Kier molecular flexibility index (Phi) is 4.29. The number of hydrogen-bond donors (Lipinski definition) is 1. The normalized spacial score (nSPS) is 14.6. The van der Waals surface area contributed by atoms with Gasteiger partial charge in [0.2, 0.25) is 0 Å². The molecule has 0 saturated heterocycles. The Labute approximate surface area is 108 Å². The molecule has 1 N–H and O–H groups in total. The molecule has 1 aromatic carbocycles. The molecule has 0 saturated carbocycles. The van der Waals surface area contributed by atoms with E-state index in [2.05, 4.69) is 5.32 Å². The zero-order valence-corrected chi connectivity index (χ0v) is 10.3. The van der Waals surface area contributed by atoms with Crippen LogP contribution in [-0.2, 0) is 12.8 Å². The zero-order chi connectivity index (χ0) is 13.9. The number of nitrogens with one attached hydrogen (secondary N) is 1. The summed E-state index contributed by atoms with van der Waals surface area (Å²) < 4.78 is 54.4. The predicted molar refractivity (Wildman–Crippen MR) is 63.2 cm³/mol. The maximum absolute atomic E-state index is 12.6. The molecule has 1 aromatic rings. The Morgan fingerprint density at radius 3 is 2.84 bits per heavy atom. The van der Waals surface area contributed by atoms with Crippen LogP contribution in [0.15, 0.2) is 18.2 Å². The van der Waals surface area contributed by atoms with Gasteiger partial charge in [-0.15, -0.1) is 0 Å². The first kappa shape index (κ1) is 14.1. The lowest BCUT2D eigenvalue weighted by molar-refractivity contribution is -0.125. The van der Waals surface area contributed by atoms with Crippen LogP contribution in [0.4, 0.5) is 17.6 Å². The summed E-state index contributed by atoms with van der Waals surface area (Å²) in [6.45, 7) is -0.0989. The summed E-state index contributed by atoms with van der Waals surface area (Å²) in [4.78, 5) is 0. The number of rotatable bonds is 6. The lowest BCUT2D eigenvalue weighted by Crippen LogP contribution is -2.39. The third kappa shape index (κ3) is 3.59. The molecule has 0 radical (unpaired) electrons. The second kappa shape index (κ2) is 5.77. The van der Waals surface area contributed by atoms with Gasteiger partial charge in [-0.05, 0) is 30.2 Å². The number of ether oxygens (including phenoxy) is 1. The van der Waals surface area contributed by atoms with Crippen LogP contribution in [0.1, 0.15) is 11.1 Å². The SMILES string of the molecule is FC(F)C(F)(F)CNCCc1ccc2c(c1)CCO2. The molecule has 0 aromatic heterocycles. The Morgan fingerprint density at radius 1 is 1.32 bits per heavy atom. The van der Waals surface area contributed by atoms with E-state index in [9.17, 15) is 17.6 Å². The van der Waals surface area contributed by atoms with E-state index in [0.717, 1.165) is 23.3 Å². The van der Waals surface area contributed by atoms with Crippen molar-refractivity contribution < 1.29 is 22.3 Å². The van der Waals surface area contributed by atoms with E-state index in [1.165, 1.54) is 0 Å². The number of benzene rings is 1. The van der Waals surface area contributed by atoms with Gasteiger partial charge in [0.25, 0.3) is 0 Å². The van der Waals surface area contributed by atoms with Crippen LogP contribution in [0.5, 0.6) is 5.75 Å². The van der Waals surface area contributed by atoms with Crippen molar-refractivity contribution in [3.05, 3.63) is 29.3 Å².